The fraction of sp³-hybridized carbons (Fsp3) is 0.579. The van der Waals surface area contributed by atoms with Crippen molar-refractivity contribution in [1.82, 2.24) is 4.90 Å². The van der Waals surface area contributed by atoms with Gasteiger partial charge in [0.15, 0.2) is 0 Å². The van der Waals surface area contributed by atoms with Crippen LogP contribution in [0.2, 0.25) is 0 Å². The summed E-state index contributed by atoms with van der Waals surface area (Å²) in [7, 11) is 0. The molecule has 24 heavy (non-hydrogen) atoms. The van der Waals surface area contributed by atoms with Crippen LogP contribution in [0.1, 0.15) is 37.7 Å². The Balaban J connectivity index is 1.67. The molecular formula is C19H28N2O2S. The highest BCUT2D eigenvalue weighted by Gasteiger charge is 2.22. The van der Waals surface area contributed by atoms with Gasteiger partial charge in [-0.15, -0.1) is 0 Å². The summed E-state index contributed by atoms with van der Waals surface area (Å²) >= 11 is 1.72. The number of likely N-dealkylation sites (tertiary alicyclic amines) is 1. The van der Waals surface area contributed by atoms with Gasteiger partial charge in [0.25, 0.3) is 0 Å². The topological polar surface area (TPSA) is 49.4 Å². The van der Waals surface area contributed by atoms with Crippen molar-refractivity contribution in [2.75, 3.05) is 30.4 Å². The van der Waals surface area contributed by atoms with E-state index in [9.17, 15) is 9.59 Å². The van der Waals surface area contributed by atoms with Crippen LogP contribution in [-0.4, -0.2) is 41.8 Å². The smallest absolute Gasteiger partial charge is 0.224 e. The molecular weight excluding hydrogens is 320 g/mol. The summed E-state index contributed by atoms with van der Waals surface area (Å²) < 4.78 is 0. The van der Waals surface area contributed by atoms with Crippen LogP contribution in [0.5, 0.6) is 0 Å². The number of hydrogen-bond acceptors (Lipinski definition) is 3. The molecule has 2 rings (SSSR count). The Morgan fingerprint density at radius 2 is 2.00 bits per heavy atom. The van der Waals surface area contributed by atoms with Gasteiger partial charge in [-0.1, -0.05) is 12.1 Å². The zero-order valence-electron chi connectivity index (χ0n) is 14.7. The van der Waals surface area contributed by atoms with Crippen molar-refractivity contribution in [1.29, 1.82) is 0 Å². The largest absolute Gasteiger partial charge is 0.343 e. The summed E-state index contributed by atoms with van der Waals surface area (Å²) in [6, 6.07) is 7.87. The monoisotopic (exact) mass is 348 g/mol. The molecule has 1 heterocycles. The maximum absolute atomic E-state index is 12.1. The highest BCUT2D eigenvalue weighted by atomic mass is 32.2. The second-order valence-electron chi connectivity index (χ2n) is 6.52. The zero-order chi connectivity index (χ0) is 17.4. The molecule has 4 nitrogen and oxygen atoms in total. The molecule has 1 aromatic rings. The van der Waals surface area contributed by atoms with Crippen molar-refractivity contribution in [3.05, 3.63) is 29.8 Å². The molecule has 0 aliphatic carbocycles. The summed E-state index contributed by atoms with van der Waals surface area (Å²) in [5.74, 6) is 1.81. The van der Waals surface area contributed by atoms with E-state index in [-0.39, 0.29) is 11.8 Å². The number of aryl methyl sites for hydroxylation is 1. The Kier molecular flexibility index (Phi) is 7.63. The molecule has 1 saturated heterocycles. The highest BCUT2D eigenvalue weighted by molar-refractivity contribution is 7.98. The molecule has 0 saturated carbocycles. The SMILES string of the molecule is CSCCC(=O)N1CCC(CCC(=O)Nc2cccc(C)c2)CC1. The lowest BCUT2D eigenvalue weighted by atomic mass is 9.92. The van der Waals surface area contributed by atoms with Crippen molar-refractivity contribution in [3.8, 4) is 0 Å². The Hall–Kier alpha value is -1.49. The van der Waals surface area contributed by atoms with Crippen LogP contribution in [0.25, 0.3) is 0 Å². The first-order valence-corrected chi connectivity index (χ1v) is 10.1. The molecule has 5 heteroatoms. The van der Waals surface area contributed by atoms with E-state index in [0.717, 1.165) is 49.4 Å². The van der Waals surface area contributed by atoms with Crippen molar-refractivity contribution >= 4 is 29.3 Å². The van der Waals surface area contributed by atoms with E-state index in [1.165, 1.54) is 0 Å². The number of carbonyl (C=O) groups excluding carboxylic acids is 2. The van der Waals surface area contributed by atoms with Gasteiger partial charge in [0, 0.05) is 37.4 Å². The molecule has 1 aliphatic heterocycles. The first-order chi connectivity index (χ1) is 11.6. The third-order valence-electron chi connectivity index (χ3n) is 4.57. The molecule has 0 bridgehead atoms. The van der Waals surface area contributed by atoms with Gasteiger partial charge >= 0.3 is 0 Å². The van der Waals surface area contributed by atoms with E-state index < -0.39 is 0 Å². The van der Waals surface area contributed by atoms with Gasteiger partial charge in [-0.25, -0.2) is 0 Å². The van der Waals surface area contributed by atoms with E-state index in [2.05, 4.69) is 5.32 Å². The van der Waals surface area contributed by atoms with Gasteiger partial charge in [0.05, 0.1) is 0 Å². The third kappa shape index (κ3) is 6.19. The maximum atomic E-state index is 12.1. The Morgan fingerprint density at radius 3 is 2.67 bits per heavy atom. The Morgan fingerprint density at radius 1 is 1.25 bits per heavy atom. The van der Waals surface area contributed by atoms with Crippen LogP contribution >= 0.6 is 11.8 Å². The second kappa shape index (κ2) is 9.72. The molecule has 1 fully saturated rings. The minimum atomic E-state index is 0.0825. The fourth-order valence-electron chi connectivity index (χ4n) is 3.10. The molecule has 132 valence electrons. The van der Waals surface area contributed by atoms with E-state index in [1.54, 1.807) is 11.8 Å². The molecule has 2 amide bonds. The number of benzene rings is 1. The first-order valence-electron chi connectivity index (χ1n) is 8.71. The molecule has 1 aromatic carbocycles. The number of nitrogens with zero attached hydrogens (tertiary/aromatic N) is 1. The number of carbonyl (C=O) groups is 2. The summed E-state index contributed by atoms with van der Waals surface area (Å²) in [6.07, 6.45) is 6.17. The van der Waals surface area contributed by atoms with E-state index in [0.29, 0.717) is 18.8 Å². The van der Waals surface area contributed by atoms with Gasteiger partial charge in [-0.2, -0.15) is 11.8 Å². The molecule has 0 atom stereocenters. The lowest BCUT2D eigenvalue weighted by molar-refractivity contribution is -0.132. The van der Waals surface area contributed by atoms with Gasteiger partial charge in [-0.3, -0.25) is 9.59 Å². The van der Waals surface area contributed by atoms with Crippen LogP contribution in [-0.2, 0) is 9.59 Å². The average molecular weight is 349 g/mol. The Bertz CT molecular complexity index is 554. The second-order valence-corrected chi connectivity index (χ2v) is 7.51. The van der Waals surface area contributed by atoms with Crippen LogP contribution in [0, 0.1) is 12.8 Å². The lowest BCUT2D eigenvalue weighted by Crippen LogP contribution is -2.38. The average Bonchev–Trinajstić information content (AvgIpc) is 2.58. The van der Waals surface area contributed by atoms with Gasteiger partial charge in [-0.05, 0) is 56.1 Å². The minimum absolute atomic E-state index is 0.0825. The summed E-state index contributed by atoms with van der Waals surface area (Å²) in [6.45, 7) is 3.71. The minimum Gasteiger partial charge on any atom is -0.343 e. The van der Waals surface area contributed by atoms with Crippen LogP contribution < -0.4 is 5.32 Å². The summed E-state index contributed by atoms with van der Waals surface area (Å²) in [5.41, 5.74) is 2.01. The molecule has 0 spiro atoms. The number of rotatable bonds is 7. The number of anilines is 1. The lowest BCUT2D eigenvalue weighted by Gasteiger charge is -2.32. The quantitative estimate of drug-likeness (QED) is 0.817. The van der Waals surface area contributed by atoms with E-state index >= 15 is 0 Å². The third-order valence-corrected chi connectivity index (χ3v) is 5.18. The fourth-order valence-corrected chi connectivity index (χ4v) is 3.48. The van der Waals surface area contributed by atoms with Crippen LogP contribution in [0.4, 0.5) is 5.69 Å². The number of amides is 2. The number of thioether (sulfide) groups is 1. The highest BCUT2D eigenvalue weighted by Crippen LogP contribution is 2.23. The van der Waals surface area contributed by atoms with Gasteiger partial charge in [0.1, 0.15) is 0 Å². The van der Waals surface area contributed by atoms with Gasteiger partial charge < -0.3 is 10.2 Å². The van der Waals surface area contributed by atoms with Crippen LogP contribution in [0.15, 0.2) is 24.3 Å². The van der Waals surface area contributed by atoms with Crippen molar-refractivity contribution in [2.45, 2.75) is 39.0 Å². The van der Waals surface area contributed by atoms with Crippen LogP contribution in [0.3, 0.4) is 0 Å². The molecule has 0 radical (unpaired) electrons. The predicted octanol–water partition coefficient (Wildman–Crippen LogP) is 3.71. The predicted molar refractivity (Wildman–Crippen MR) is 101 cm³/mol. The molecule has 0 unspecified atom stereocenters. The Labute approximate surface area is 149 Å². The zero-order valence-corrected chi connectivity index (χ0v) is 15.5. The van der Waals surface area contributed by atoms with Crippen molar-refractivity contribution in [3.63, 3.8) is 0 Å². The van der Waals surface area contributed by atoms with Gasteiger partial charge in [0.2, 0.25) is 11.8 Å². The normalized spacial score (nSPS) is 15.3. The first kappa shape index (κ1) is 18.8. The summed E-state index contributed by atoms with van der Waals surface area (Å²) in [5, 5.41) is 2.97. The van der Waals surface area contributed by atoms with Crippen molar-refractivity contribution in [2.24, 2.45) is 5.92 Å². The molecule has 1 aliphatic rings. The van der Waals surface area contributed by atoms with E-state index in [1.807, 2.05) is 42.3 Å². The van der Waals surface area contributed by atoms with E-state index in [4.69, 9.17) is 0 Å². The standard InChI is InChI=1S/C19H28N2O2S/c1-15-4-3-5-17(14-15)20-18(22)7-6-16-8-11-21(12-9-16)19(23)10-13-24-2/h3-5,14,16H,6-13H2,1-2H3,(H,20,22). The number of hydrogen-bond donors (Lipinski definition) is 1. The summed E-state index contributed by atoms with van der Waals surface area (Å²) in [4.78, 5) is 26.1. The van der Waals surface area contributed by atoms with Crippen molar-refractivity contribution < 1.29 is 9.59 Å². The number of piperidine rings is 1. The molecule has 0 aromatic heterocycles. The maximum Gasteiger partial charge on any atom is 0.224 e. The molecule has 1 N–H and O–H groups in total. The number of nitrogens with one attached hydrogen (secondary N) is 1.